The summed E-state index contributed by atoms with van der Waals surface area (Å²) in [7, 11) is 0. The lowest BCUT2D eigenvalue weighted by Crippen LogP contribution is -2.24. The van der Waals surface area contributed by atoms with Gasteiger partial charge in [0.15, 0.2) is 6.10 Å². The molecule has 0 N–H and O–H groups in total. The highest BCUT2D eigenvalue weighted by Crippen LogP contribution is 2.24. The van der Waals surface area contributed by atoms with Crippen LogP contribution in [0.5, 0.6) is 0 Å². The first-order chi connectivity index (χ1) is 12.4. The van der Waals surface area contributed by atoms with Crippen molar-refractivity contribution in [2.24, 2.45) is 0 Å². The van der Waals surface area contributed by atoms with Crippen LogP contribution >= 0.6 is 11.6 Å². The van der Waals surface area contributed by atoms with Gasteiger partial charge in [0.1, 0.15) is 0 Å². The molecule has 134 valence electrons. The number of hydrogen-bond acceptors (Lipinski definition) is 4. The first kappa shape index (κ1) is 18.0. The molecule has 26 heavy (non-hydrogen) atoms. The molecule has 0 amide bonds. The third-order valence-corrected chi connectivity index (χ3v) is 4.41. The highest BCUT2D eigenvalue weighted by atomic mass is 35.5. The Morgan fingerprint density at radius 1 is 1.15 bits per heavy atom. The average Bonchev–Trinajstić information content (AvgIpc) is 3.24. The maximum atomic E-state index is 12.8. The van der Waals surface area contributed by atoms with Gasteiger partial charge in [-0.3, -0.25) is 4.79 Å². The van der Waals surface area contributed by atoms with Gasteiger partial charge in [0.05, 0.1) is 6.26 Å². The Morgan fingerprint density at radius 3 is 2.46 bits per heavy atom. The topological polar surface area (TPSA) is 61.4 Å². The Labute approximate surface area is 156 Å². The lowest BCUT2D eigenvalue weighted by atomic mass is 10.1. The maximum Gasteiger partial charge on any atom is 0.374 e. The first-order valence-corrected chi connectivity index (χ1v) is 8.50. The van der Waals surface area contributed by atoms with Gasteiger partial charge in [0, 0.05) is 27.7 Å². The summed E-state index contributed by atoms with van der Waals surface area (Å²) in [5.41, 5.74) is 3.09. The molecule has 0 unspecified atom stereocenters. The minimum atomic E-state index is -0.924. The zero-order chi connectivity index (χ0) is 18.8. The van der Waals surface area contributed by atoms with Crippen LogP contribution in [0, 0.1) is 13.8 Å². The standard InChI is InChI=1S/C20H18ClNO4/c1-12-11-17(13(2)22(12)16-8-6-15(21)7-9-16)19(23)14(3)26-20(24)18-5-4-10-25-18/h4-11,14H,1-3H3/t14-/m1/s1. The number of hydrogen-bond donors (Lipinski definition) is 0. The van der Waals surface area contributed by atoms with Crippen molar-refractivity contribution in [1.29, 1.82) is 0 Å². The summed E-state index contributed by atoms with van der Waals surface area (Å²) < 4.78 is 12.2. The molecule has 0 spiro atoms. The molecular weight excluding hydrogens is 354 g/mol. The lowest BCUT2D eigenvalue weighted by Gasteiger charge is -2.12. The number of halogens is 1. The Kier molecular flexibility index (Phi) is 5.00. The summed E-state index contributed by atoms with van der Waals surface area (Å²) in [5, 5.41) is 0.644. The predicted molar refractivity (Wildman–Crippen MR) is 98.2 cm³/mol. The molecule has 1 aromatic carbocycles. The molecule has 0 saturated carbocycles. The Morgan fingerprint density at radius 2 is 1.85 bits per heavy atom. The van der Waals surface area contributed by atoms with E-state index in [2.05, 4.69) is 0 Å². The quantitative estimate of drug-likeness (QED) is 0.478. The summed E-state index contributed by atoms with van der Waals surface area (Å²) >= 11 is 5.95. The van der Waals surface area contributed by atoms with Crippen LogP contribution in [0.4, 0.5) is 0 Å². The number of carbonyl (C=O) groups excluding carboxylic acids is 2. The second kappa shape index (κ2) is 7.22. The number of carbonyl (C=O) groups is 2. The molecule has 5 nitrogen and oxygen atoms in total. The molecule has 0 saturated heterocycles. The SMILES string of the molecule is Cc1cc(C(=O)[C@@H](C)OC(=O)c2ccco2)c(C)n1-c1ccc(Cl)cc1. The van der Waals surface area contributed by atoms with Crippen molar-refractivity contribution >= 4 is 23.4 Å². The van der Waals surface area contributed by atoms with Crippen LogP contribution in [0.25, 0.3) is 5.69 Å². The van der Waals surface area contributed by atoms with Crippen molar-refractivity contribution in [2.75, 3.05) is 0 Å². The monoisotopic (exact) mass is 371 g/mol. The van der Waals surface area contributed by atoms with E-state index in [1.54, 1.807) is 31.2 Å². The molecule has 2 aromatic heterocycles. The highest BCUT2D eigenvalue weighted by molar-refractivity contribution is 6.30. The van der Waals surface area contributed by atoms with Crippen LogP contribution in [-0.2, 0) is 4.74 Å². The predicted octanol–water partition coefficient (Wildman–Crippen LogP) is 4.77. The summed E-state index contributed by atoms with van der Waals surface area (Å²) in [6, 6.07) is 12.2. The number of ether oxygens (including phenoxy) is 1. The van der Waals surface area contributed by atoms with E-state index in [9.17, 15) is 9.59 Å². The smallest absolute Gasteiger partial charge is 0.374 e. The fourth-order valence-corrected chi connectivity index (χ4v) is 3.01. The van der Waals surface area contributed by atoms with Crippen LogP contribution < -0.4 is 0 Å². The van der Waals surface area contributed by atoms with Gasteiger partial charge >= 0.3 is 5.97 Å². The van der Waals surface area contributed by atoms with Crippen molar-refractivity contribution in [1.82, 2.24) is 4.57 Å². The molecule has 0 aliphatic carbocycles. The molecular formula is C20H18ClNO4. The van der Waals surface area contributed by atoms with Crippen molar-refractivity contribution in [2.45, 2.75) is 26.9 Å². The third kappa shape index (κ3) is 3.44. The van der Waals surface area contributed by atoms with Crippen LogP contribution in [0.3, 0.4) is 0 Å². The van der Waals surface area contributed by atoms with E-state index < -0.39 is 12.1 Å². The summed E-state index contributed by atoms with van der Waals surface area (Å²) in [5.74, 6) is -0.864. The minimum absolute atomic E-state index is 0.0660. The number of aromatic nitrogens is 1. The lowest BCUT2D eigenvalue weighted by molar-refractivity contribution is 0.0289. The summed E-state index contributed by atoms with van der Waals surface area (Å²) in [6.45, 7) is 5.32. The van der Waals surface area contributed by atoms with Crippen molar-refractivity contribution < 1.29 is 18.7 Å². The van der Waals surface area contributed by atoms with E-state index in [-0.39, 0.29) is 11.5 Å². The van der Waals surface area contributed by atoms with Gasteiger partial charge in [-0.15, -0.1) is 0 Å². The zero-order valence-corrected chi connectivity index (χ0v) is 15.4. The van der Waals surface area contributed by atoms with Crippen molar-refractivity contribution in [3.05, 3.63) is 76.5 Å². The van der Waals surface area contributed by atoms with Gasteiger partial charge in [-0.25, -0.2) is 4.79 Å². The third-order valence-electron chi connectivity index (χ3n) is 4.16. The Balaban J connectivity index is 1.85. The summed E-state index contributed by atoms with van der Waals surface area (Å²) in [4.78, 5) is 24.8. The van der Waals surface area contributed by atoms with E-state index in [0.29, 0.717) is 10.6 Å². The number of esters is 1. The zero-order valence-electron chi connectivity index (χ0n) is 14.7. The Bertz CT molecular complexity index is 939. The van der Waals surface area contributed by atoms with Gasteiger partial charge in [-0.2, -0.15) is 0 Å². The largest absolute Gasteiger partial charge is 0.457 e. The molecule has 0 radical (unpaired) electrons. The molecule has 0 aliphatic rings. The molecule has 3 aromatic rings. The average molecular weight is 372 g/mol. The van der Waals surface area contributed by atoms with Gasteiger partial charge in [-0.05, 0) is 63.2 Å². The molecule has 1 atom stereocenters. The Hall–Kier alpha value is -2.79. The van der Waals surface area contributed by atoms with Crippen LogP contribution in [0.15, 0.2) is 53.1 Å². The van der Waals surface area contributed by atoms with Gasteiger partial charge < -0.3 is 13.7 Å². The van der Waals surface area contributed by atoms with E-state index in [0.717, 1.165) is 17.1 Å². The minimum Gasteiger partial charge on any atom is -0.457 e. The van der Waals surface area contributed by atoms with Gasteiger partial charge in [0.2, 0.25) is 11.5 Å². The van der Waals surface area contributed by atoms with E-state index in [1.807, 2.05) is 30.5 Å². The fourth-order valence-electron chi connectivity index (χ4n) is 2.89. The number of rotatable bonds is 5. The molecule has 0 bridgehead atoms. The van der Waals surface area contributed by atoms with Gasteiger partial charge in [-0.1, -0.05) is 11.6 Å². The second-order valence-corrected chi connectivity index (χ2v) is 6.42. The van der Waals surface area contributed by atoms with Crippen LogP contribution in [0.1, 0.15) is 39.2 Å². The van der Waals surface area contributed by atoms with E-state index in [4.69, 9.17) is 20.8 Å². The molecule has 0 fully saturated rings. The highest BCUT2D eigenvalue weighted by Gasteiger charge is 2.25. The number of aryl methyl sites for hydroxylation is 1. The number of benzene rings is 1. The fraction of sp³-hybridized carbons (Fsp3) is 0.200. The van der Waals surface area contributed by atoms with Crippen molar-refractivity contribution in [3.63, 3.8) is 0 Å². The molecule has 0 aliphatic heterocycles. The number of Topliss-reactive ketones (excluding diaryl/α,β-unsaturated/α-hetero) is 1. The van der Waals surface area contributed by atoms with Gasteiger partial charge in [0.25, 0.3) is 0 Å². The maximum absolute atomic E-state index is 12.8. The van der Waals surface area contributed by atoms with Crippen LogP contribution in [-0.4, -0.2) is 22.4 Å². The number of furan rings is 1. The normalized spacial score (nSPS) is 12.0. The molecule has 2 heterocycles. The van der Waals surface area contributed by atoms with Crippen molar-refractivity contribution in [3.8, 4) is 5.69 Å². The molecule has 3 rings (SSSR count). The van der Waals surface area contributed by atoms with Crippen LogP contribution in [0.2, 0.25) is 5.02 Å². The van der Waals surface area contributed by atoms with E-state index in [1.165, 1.54) is 12.3 Å². The number of ketones is 1. The molecule has 6 heteroatoms. The second-order valence-electron chi connectivity index (χ2n) is 5.99. The first-order valence-electron chi connectivity index (χ1n) is 8.12. The van der Waals surface area contributed by atoms with E-state index >= 15 is 0 Å². The number of nitrogens with zero attached hydrogens (tertiary/aromatic N) is 1. The summed E-state index contributed by atoms with van der Waals surface area (Å²) in [6.07, 6.45) is 0.454.